The lowest BCUT2D eigenvalue weighted by Crippen LogP contribution is -2.42. The van der Waals surface area contributed by atoms with Gasteiger partial charge in [-0.05, 0) is 0 Å². The second kappa shape index (κ2) is 5.53. The molecule has 1 aliphatic rings. The van der Waals surface area contributed by atoms with Crippen molar-refractivity contribution in [3.8, 4) is 0 Å². The van der Waals surface area contributed by atoms with Crippen molar-refractivity contribution in [1.82, 2.24) is 14.7 Å². The summed E-state index contributed by atoms with van der Waals surface area (Å²) in [6.07, 6.45) is 2.86. The highest BCUT2D eigenvalue weighted by molar-refractivity contribution is 7.91. The molecule has 2 heterocycles. The summed E-state index contributed by atoms with van der Waals surface area (Å²) in [7, 11) is 0.0958. The zero-order valence-electron chi connectivity index (χ0n) is 11.9. The van der Waals surface area contributed by atoms with Crippen LogP contribution in [0.5, 0.6) is 0 Å². The van der Waals surface area contributed by atoms with E-state index < -0.39 is 15.6 Å². The first-order chi connectivity index (χ1) is 9.31. The van der Waals surface area contributed by atoms with Crippen LogP contribution in [0.25, 0.3) is 0 Å². The molecule has 1 aromatic rings. The van der Waals surface area contributed by atoms with Crippen LogP contribution in [-0.2, 0) is 33.0 Å². The molecule has 112 valence electrons. The quantitative estimate of drug-likeness (QED) is 0.751. The number of amides is 1. The summed E-state index contributed by atoms with van der Waals surface area (Å²) in [6, 6.07) is 0. The molecule has 8 heteroatoms. The fourth-order valence-corrected chi connectivity index (χ4v) is 3.10. The Kier molecular flexibility index (Phi) is 4.14. The summed E-state index contributed by atoms with van der Waals surface area (Å²) in [5, 5.41) is 4.20. The molecule has 1 aromatic heterocycles. The topological polar surface area (TPSA) is 81.5 Å². The summed E-state index contributed by atoms with van der Waals surface area (Å²) in [5.74, 6) is -0.804. The molecule has 2 rings (SSSR count). The predicted molar refractivity (Wildman–Crippen MR) is 73.0 cm³/mol. The minimum absolute atomic E-state index is 0.0287. The molecule has 7 nitrogen and oxygen atoms in total. The normalized spacial score (nSPS) is 18.9. The number of carbonyl (C=O) groups excluding carboxylic acids is 1. The molecule has 0 radical (unpaired) electrons. The molecule has 0 bridgehead atoms. The van der Waals surface area contributed by atoms with Crippen LogP contribution < -0.4 is 0 Å². The maximum Gasteiger partial charge on any atom is 0.238 e. The van der Waals surface area contributed by atoms with Gasteiger partial charge in [-0.15, -0.1) is 0 Å². The van der Waals surface area contributed by atoms with Gasteiger partial charge >= 0.3 is 0 Å². The Balaban J connectivity index is 2.23. The van der Waals surface area contributed by atoms with Gasteiger partial charge in [-0.1, -0.05) is 0 Å². The third kappa shape index (κ3) is 3.18. The molecule has 0 aliphatic carbocycles. The van der Waals surface area contributed by atoms with E-state index in [1.807, 2.05) is 7.05 Å². The van der Waals surface area contributed by atoms with E-state index in [-0.39, 0.29) is 11.8 Å². The first kappa shape index (κ1) is 15.0. The Morgan fingerprint density at radius 2 is 2.25 bits per heavy atom. The van der Waals surface area contributed by atoms with Gasteiger partial charge < -0.3 is 9.64 Å². The van der Waals surface area contributed by atoms with Crippen LogP contribution in [0.1, 0.15) is 17.2 Å². The molecule has 0 aromatic carbocycles. The van der Waals surface area contributed by atoms with Crippen LogP contribution in [0.4, 0.5) is 0 Å². The maximum atomic E-state index is 12.1. The number of methoxy groups -OCH3 is 1. The number of hydrogen-bond acceptors (Lipinski definition) is 5. The summed E-state index contributed by atoms with van der Waals surface area (Å²) < 4.78 is 29.4. The Hall–Kier alpha value is -1.41. The van der Waals surface area contributed by atoms with Crippen molar-refractivity contribution in [2.24, 2.45) is 7.05 Å². The number of nitrogens with zero attached hydrogens (tertiary/aromatic N) is 3. The number of carbonyl (C=O) groups is 1. The number of rotatable bonds is 4. The number of ether oxygens (including phenoxy) is 1. The van der Waals surface area contributed by atoms with Crippen molar-refractivity contribution >= 4 is 15.7 Å². The SMILES string of the molecule is COCC1CN(C(=O)CS(C)(=O)=O)Cc2c1cnn2C. The summed E-state index contributed by atoms with van der Waals surface area (Å²) in [5.41, 5.74) is 2.00. The number of aryl methyl sites for hydroxylation is 1. The monoisotopic (exact) mass is 301 g/mol. The highest BCUT2D eigenvalue weighted by atomic mass is 32.2. The van der Waals surface area contributed by atoms with Gasteiger partial charge in [0.05, 0.1) is 25.0 Å². The second-order valence-electron chi connectivity index (χ2n) is 5.17. The standard InChI is InChI=1S/C12H19N3O4S/c1-14-11-6-15(12(16)8-20(3,17)18)5-9(7-19-2)10(11)4-13-14/h4,9H,5-8H2,1-3H3. The third-order valence-electron chi connectivity index (χ3n) is 3.42. The lowest BCUT2D eigenvalue weighted by atomic mass is 9.95. The van der Waals surface area contributed by atoms with Crippen LogP contribution >= 0.6 is 0 Å². The average Bonchev–Trinajstić information content (AvgIpc) is 2.70. The van der Waals surface area contributed by atoms with E-state index in [4.69, 9.17) is 4.74 Å². The van der Waals surface area contributed by atoms with Crippen molar-refractivity contribution in [3.05, 3.63) is 17.5 Å². The van der Waals surface area contributed by atoms with Crippen molar-refractivity contribution < 1.29 is 17.9 Å². The van der Waals surface area contributed by atoms with Gasteiger partial charge in [-0.3, -0.25) is 9.48 Å². The molecule has 0 spiro atoms. The summed E-state index contributed by atoms with van der Waals surface area (Å²) in [4.78, 5) is 13.6. The van der Waals surface area contributed by atoms with Gasteiger partial charge in [-0.25, -0.2) is 8.42 Å². The molecule has 20 heavy (non-hydrogen) atoms. The molecule has 1 unspecified atom stereocenters. The smallest absolute Gasteiger partial charge is 0.238 e. The molecular weight excluding hydrogens is 282 g/mol. The zero-order valence-corrected chi connectivity index (χ0v) is 12.7. The van der Waals surface area contributed by atoms with Gasteiger partial charge in [-0.2, -0.15) is 5.10 Å². The van der Waals surface area contributed by atoms with Gasteiger partial charge in [0.15, 0.2) is 9.84 Å². The summed E-state index contributed by atoms with van der Waals surface area (Å²) >= 11 is 0. The third-order valence-corrected chi connectivity index (χ3v) is 4.19. The highest BCUT2D eigenvalue weighted by Gasteiger charge is 2.31. The lowest BCUT2D eigenvalue weighted by Gasteiger charge is -2.32. The molecular formula is C12H19N3O4S. The minimum Gasteiger partial charge on any atom is -0.384 e. The molecule has 0 N–H and O–H groups in total. The molecule has 1 atom stereocenters. The highest BCUT2D eigenvalue weighted by Crippen LogP contribution is 2.28. The van der Waals surface area contributed by atoms with Crippen LogP contribution in [0.15, 0.2) is 6.20 Å². The van der Waals surface area contributed by atoms with Crippen molar-refractivity contribution in [3.63, 3.8) is 0 Å². The minimum atomic E-state index is -3.32. The van der Waals surface area contributed by atoms with E-state index >= 15 is 0 Å². The maximum absolute atomic E-state index is 12.1. The Labute approximate surface area is 118 Å². The fourth-order valence-electron chi connectivity index (χ4n) is 2.47. The van der Waals surface area contributed by atoms with Crippen LogP contribution in [0.3, 0.4) is 0 Å². The molecule has 1 aliphatic heterocycles. The lowest BCUT2D eigenvalue weighted by molar-refractivity contribution is -0.130. The first-order valence-electron chi connectivity index (χ1n) is 6.27. The van der Waals surface area contributed by atoms with Crippen LogP contribution in [0, 0.1) is 0 Å². The number of aromatic nitrogens is 2. The Bertz CT molecular complexity index is 608. The Morgan fingerprint density at radius 3 is 2.85 bits per heavy atom. The van der Waals surface area contributed by atoms with E-state index in [9.17, 15) is 13.2 Å². The van der Waals surface area contributed by atoms with E-state index in [2.05, 4.69) is 5.10 Å². The second-order valence-corrected chi connectivity index (χ2v) is 7.31. The molecule has 0 fully saturated rings. The van der Waals surface area contributed by atoms with Crippen molar-refractivity contribution in [2.45, 2.75) is 12.5 Å². The van der Waals surface area contributed by atoms with E-state index in [0.29, 0.717) is 19.7 Å². The molecule has 0 saturated heterocycles. The Morgan fingerprint density at radius 1 is 1.55 bits per heavy atom. The van der Waals surface area contributed by atoms with E-state index in [1.54, 1.807) is 22.9 Å². The zero-order chi connectivity index (χ0) is 14.9. The van der Waals surface area contributed by atoms with Crippen LogP contribution in [-0.4, -0.2) is 61.3 Å². The molecule has 0 saturated carbocycles. The van der Waals surface area contributed by atoms with Crippen molar-refractivity contribution in [2.75, 3.05) is 32.3 Å². The molecule has 1 amide bonds. The van der Waals surface area contributed by atoms with Gasteiger partial charge in [0, 0.05) is 38.4 Å². The fraction of sp³-hybridized carbons (Fsp3) is 0.667. The number of fused-ring (bicyclic) bond motifs is 1. The average molecular weight is 301 g/mol. The van der Waals surface area contributed by atoms with Gasteiger partial charge in [0.25, 0.3) is 0 Å². The van der Waals surface area contributed by atoms with Crippen molar-refractivity contribution in [1.29, 1.82) is 0 Å². The first-order valence-corrected chi connectivity index (χ1v) is 8.33. The van der Waals surface area contributed by atoms with Gasteiger partial charge in [0.2, 0.25) is 5.91 Å². The van der Waals surface area contributed by atoms with Crippen LogP contribution in [0.2, 0.25) is 0 Å². The number of hydrogen-bond donors (Lipinski definition) is 0. The summed E-state index contributed by atoms with van der Waals surface area (Å²) in [6.45, 7) is 1.32. The number of sulfone groups is 1. The van der Waals surface area contributed by atoms with Gasteiger partial charge in [0.1, 0.15) is 5.75 Å². The predicted octanol–water partition coefficient (Wildman–Crippen LogP) is -0.463. The van der Waals surface area contributed by atoms with E-state index in [0.717, 1.165) is 17.5 Å². The van der Waals surface area contributed by atoms with E-state index in [1.165, 1.54) is 0 Å². The largest absolute Gasteiger partial charge is 0.384 e.